The number of nitrogens with one attached hydrogen (secondary N) is 4. The Kier molecular flexibility index (Phi) is 4.17. The van der Waals surface area contributed by atoms with E-state index in [2.05, 4.69) is 31.0 Å². The molecule has 0 atom stereocenters. The van der Waals surface area contributed by atoms with Crippen molar-refractivity contribution >= 4 is 45.0 Å². The van der Waals surface area contributed by atoms with Crippen LogP contribution in [0, 0.1) is 6.92 Å². The summed E-state index contributed by atoms with van der Waals surface area (Å²) < 4.78 is 0. The molecule has 1 spiro atoms. The molecule has 9 nitrogen and oxygen atoms in total. The largest absolute Gasteiger partial charge is 0.353 e. The second-order valence-electron chi connectivity index (χ2n) is 7.32. The molecule has 3 aromatic rings. The molecule has 5 heterocycles. The van der Waals surface area contributed by atoms with Crippen molar-refractivity contribution < 1.29 is 4.79 Å². The molecule has 5 rings (SSSR count). The zero-order chi connectivity index (χ0) is 19.1. The van der Waals surface area contributed by atoms with Crippen LogP contribution in [0.4, 0.5) is 17.6 Å². The topological polar surface area (TPSA) is 111 Å². The normalized spacial score (nSPS) is 19.2. The van der Waals surface area contributed by atoms with E-state index >= 15 is 0 Å². The number of aryl methyl sites for hydroxylation is 1. The van der Waals surface area contributed by atoms with Gasteiger partial charge in [0.05, 0.1) is 5.39 Å². The Morgan fingerprint density at radius 2 is 2.11 bits per heavy atom. The lowest BCUT2D eigenvalue weighted by Crippen LogP contribution is -2.66. The Balaban J connectivity index is 1.41. The van der Waals surface area contributed by atoms with Gasteiger partial charge in [-0.05, 0) is 31.2 Å². The van der Waals surface area contributed by atoms with Gasteiger partial charge in [0.2, 0.25) is 11.9 Å². The standard InChI is InChI=1S/C18H22N8OS/c1-11-10-13(25-24-11)21-14-12-2-9-28-15(12)23-17(22-14)26-7-3-18(4-8-26)16(27)19-5-6-20-18/h2,9-10,20H,3-8H2,1H3,(H,19,27)(H2,21,22,23,24,25). The van der Waals surface area contributed by atoms with Gasteiger partial charge in [-0.1, -0.05) is 0 Å². The van der Waals surface area contributed by atoms with Crippen molar-refractivity contribution in [2.45, 2.75) is 25.3 Å². The molecule has 10 heteroatoms. The first-order chi connectivity index (χ1) is 13.6. The molecule has 146 valence electrons. The lowest BCUT2D eigenvalue weighted by atomic mass is 9.85. The number of hydrogen-bond donors (Lipinski definition) is 4. The van der Waals surface area contributed by atoms with Crippen molar-refractivity contribution in [3.8, 4) is 0 Å². The minimum atomic E-state index is -0.449. The highest BCUT2D eigenvalue weighted by Gasteiger charge is 2.43. The van der Waals surface area contributed by atoms with Gasteiger partial charge in [-0.25, -0.2) is 4.98 Å². The number of piperazine rings is 1. The number of carbonyl (C=O) groups excluding carboxylic acids is 1. The molecular weight excluding hydrogens is 376 g/mol. The lowest BCUT2D eigenvalue weighted by molar-refractivity contribution is -0.130. The van der Waals surface area contributed by atoms with Gasteiger partial charge in [0.15, 0.2) is 5.82 Å². The maximum atomic E-state index is 12.4. The van der Waals surface area contributed by atoms with Crippen LogP contribution in [-0.2, 0) is 4.79 Å². The van der Waals surface area contributed by atoms with Gasteiger partial charge in [0.1, 0.15) is 16.2 Å². The Hall–Kier alpha value is -2.72. The third-order valence-electron chi connectivity index (χ3n) is 5.47. The summed E-state index contributed by atoms with van der Waals surface area (Å²) in [6.45, 7) is 4.95. The van der Waals surface area contributed by atoms with Gasteiger partial charge in [0.25, 0.3) is 0 Å². The van der Waals surface area contributed by atoms with E-state index in [-0.39, 0.29) is 5.91 Å². The second kappa shape index (κ2) is 6.71. The van der Waals surface area contributed by atoms with Crippen molar-refractivity contribution in [1.82, 2.24) is 30.8 Å². The number of amides is 1. The predicted molar refractivity (Wildman–Crippen MR) is 109 cm³/mol. The van der Waals surface area contributed by atoms with E-state index < -0.39 is 5.54 Å². The maximum absolute atomic E-state index is 12.4. The van der Waals surface area contributed by atoms with Crippen molar-refractivity contribution in [2.75, 3.05) is 36.4 Å². The second-order valence-corrected chi connectivity index (χ2v) is 8.22. The van der Waals surface area contributed by atoms with Gasteiger partial charge in [-0.2, -0.15) is 10.1 Å². The number of carbonyl (C=O) groups is 1. The van der Waals surface area contributed by atoms with E-state index in [9.17, 15) is 4.79 Å². The van der Waals surface area contributed by atoms with Crippen LogP contribution in [0.25, 0.3) is 10.2 Å². The molecular formula is C18H22N8OS. The van der Waals surface area contributed by atoms with E-state index in [0.29, 0.717) is 12.5 Å². The predicted octanol–water partition coefficient (Wildman–Crippen LogP) is 1.52. The fourth-order valence-corrected chi connectivity index (χ4v) is 4.66. The number of anilines is 3. The molecule has 0 saturated carbocycles. The van der Waals surface area contributed by atoms with Crippen LogP contribution >= 0.6 is 11.3 Å². The summed E-state index contributed by atoms with van der Waals surface area (Å²) in [7, 11) is 0. The van der Waals surface area contributed by atoms with E-state index in [1.54, 1.807) is 11.3 Å². The first kappa shape index (κ1) is 17.4. The van der Waals surface area contributed by atoms with E-state index in [4.69, 9.17) is 9.97 Å². The molecule has 28 heavy (non-hydrogen) atoms. The van der Waals surface area contributed by atoms with E-state index in [1.165, 1.54) is 0 Å². The number of aromatic nitrogens is 4. The lowest BCUT2D eigenvalue weighted by Gasteiger charge is -2.43. The number of H-pyrrole nitrogens is 1. The van der Waals surface area contributed by atoms with Crippen molar-refractivity contribution in [1.29, 1.82) is 0 Å². The number of piperidine rings is 1. The van der Waals surface area contributed by atoms with Crippen LogP contribution in [0.5, 0.6) is 0 Å². The summed E-state index contributed by atoms with van der Waals surface area (Å²) >= 11 is 1.59. The molecule has 2 aliphatic heterocycles. The molecule has 2 saturated heterocycles. The molecule has 2 fully saturated rings. The zero-order valence-electron chi connectivity index (χ0n) is 15.6. The molecule has 4 N–H and O–H groups in total. The minimum Gasteiger partial charge on any atom is -0.353 e. The summed E-state index contributed by atoms with van der Waals surface area (Å²) in [5, 5.41) is 19.9. The highest BCUT2D eigenvalue weighted by Crippen LogP contribution is 2.32. The third-order valence-corrected chi connectivity index (χ3v) is 6.28. The number of thiophene rings is 1. The molecule has 0 unspecified atom stereocenters. The molecule has 0 aliphatic carbocycles. The summed E-state index contributed by atoms with van der Waals surface area (Å²) in [6.07, 6.45) is 1.48. The van der Waals surface area contributed by atoms with Crippen molar-refractivity contribution in [3.05, 3.63) is 23.2 Å². The van der Waals surface area contributed by atoms with Crippen LogP contribution in [0.15, 0.2) is 17.5 Å². The third kappa shape index (κ3) is 2.98. The molecule has 0 bridgehead atoms. The Bertz CT molecular complexity index is 1020. The molecule has 3 aromatic heterocycles. The highest BCUT2D eigenvalue weighted by molar-refractivity contribution is 7.16. The van der Waals surface area contributed by atoms with Crippen molar-refractivity contribution in [2.24, 2.45) is 0 Å². The SMILES string of the molecule is Cc1cc(Nc2nc(N3CCC4(CC3)NCCNC4=O)nc3sccc23)n[nH]1. The fraction of sp³-hybridized carbons (Fsp3) is 0.444. The van der Waals surface area contributed by atoms with E-state index in [0.717, 1.165) is 60.0 Å². The zero-order valence-corrected chi connectivity index (χ0v) is 16.4. The van der Waals surface area contributed by atoms with Crippen molar-refractivity contribution in [3.63, 3.8) is 0 Å². The van der Waals surface area contributed by atoms with Gasteiger partial charge in [-0.15, -0.1) is 11.3 Å². The van der Waals surface area contributed by atoms with Gasteiger partial charge >= 0.3 is 0 Å². The first-order valence-electron chi connectivity index (χ1n) is 9.46. The van der Waals surface area contributed by atoms with Crippen LogP contribution in [0.2, 0.25) is 0 Å². The number of rotatable bonds is 3. The minimum absolute atomic E-state index is 0.115. The van der Waals surface area contributed by atoms with Gasteiger partial charge in [0, 0.05) is 37.9 Å². The van der Waals surface area contributed by atoms with Crippen LogP contribution < -0.4 is 20.9 Å². The maximum Gasteiger partial charge on any atom is 0.240 e. The average Bonchev–Trinajstić information content (AvgIpc) is 3.34. The van der Waals surface area contributed by atoms with Crippen LogP contribution in [-0.4, -0.2) is 57.8 Å². The Morgan fingerprint density at radius 1 is 1.25 bits per heavy atom. The molecule has 0 radical (unpaired) electrons. The monoisotopic (exact) mass is 398 g/mol. The average molecular weight is 398 g/mol. The molecule has 2 aliphatic rings. The smallest absolute Gasteiger partial charge is 0.240 e. The fourth-order valence-electron chi connectivity index (χ4n) is 3.90. The molecule has 0 aromatic carbocycles. The molecule has 1 amide bonds. The number of hydrogen-bond acceptors (Lipinski definition) is 8. The van der Waals surface area contributed by atoms with E-state index in [1.807, 2.05) is 24.4 Å². The van der Waals surface area contributed by atoms with Gasteiger partial charge in [-0.3, -0.25) is 9.89 Å². The number of aromatic amines is 1. The quantitative estimate of drug-likeness (QED) is 0.529. The summed E-state index contributed by atoms with van der Waals surface area (Å²) in [5.41, 5.74) is 0.535. The first-order valence-corrected chi connectivity index (χ1v) is 10.3. The summed E-state index contributed by atoms with van der Waals surface area (Å²) in [6, 6.07) is 3.96. The summed E-state index contributed by atoms with van der Waals surface area (Å²) in [4.78, 5) is 25.0. The van der Waals surface area contributed by atoms with Crippen LogP contribution in [0.1, 0.15) is 18.5 Å². The summed E-state index contributed by atoms with van der Waals surface area (Å²) in [5.74, 6) is 2.29. The Morgan fingerprint density at radius 3 is 2.86 bits per heavy atom. The Labute approximate surface area is 165 Å². The number of nitrogens with zero attached hydrogens (tertiary/aromatic N) is 4. The highest BCUT2D eigenvalue weighted by atomic mass is 32.1. The van der Waals surface area contributed by atoms with Gasteiger partial charge < -0.3 is 20.9 Å². The number of fused-ring (bicyclic) bond motifs is 1. The van der Waals surface area contributed by atoms with Crippen LogP contribution in [0.3, 0.4) is 0 Å².